The van der Waals surface area contributed by atoms with Crippen LogP contribution < -0.4 is 16.5 Å². The Kier molecular flexibility index (Phi) is 4.90. The van der Waals surface area contributed by atoms with Crippen molar-refractivity contribution in [2.45, 2.75) is 13.0 Å². The third kappa shape index (κ3) is 3.25. The first-order chi connectivity index (χ1) is 14.5. The molecule has 2 aromatic carbocycles. The van der Waals surface area contributed by atoms with Gasteiger partial charge in [0.15, 0.2) is 5.43 Å². The first-order valence-corrected chi connectivity index (χ1v) is 9.29. The van der Waals surface area contributed by atoms with Crippen LogP contribution in [0.4, 0.5) is 21.6 Å². The Balaban J connectivity index is 1.94. The number of pyridine rings is 2. The summed E-state index contributed by atoms with van der Waals surface area (Å²) in [5.41, 5.74) is 7.90. The molecule has 1 atom stereocenters. The molecule has 2 heterocycles. The minimum absolute atomic E-state index is 0.154. The molecule has 0 saturated carbocycles. The fraction of sp³-hybridized carbons (Fsp3) is 0.0870. The van der Waals surface area contributed by atoms with Crippen LogP contribution in [0.2, 0.25) is 0 Å². The molecule has 148 valence electrons. The number of hydrogen-bond donors (Lipinski definition) is 3. The van der Waals surface area contributed by atoms with Crippen LogP contribution in [0.15, 0.2) is 65.6 Å². The third-order valence-electron chi connectivity index (χ3n) is 4.94. The van der Waals surface area contributed by atoms with Gasteiger partial charge in [0.2, 0.25) is 5.69 Å². The van der Waals surface area contributed by atoms with Crippen molar-refractivity contribution in [2.75, 3.05) is 11.1 Å². The minimum atomic E-state index is -0.536. The summed E-state index contributed by atoms with van der Waals surface area (Å²) in [5, 5.41) is 3.38. The number of hydrogen-bond acceptors (Lipinski definition) is 4. The number of H-pyrrole nitrogens is 1. The van der Waals surface area contributed by atoms with Gasteiger partial charge in [-0.25, -0.2) is 9.24 Å². The van der Waals surface area contributed by atoms with Gasteiger partial charge in [-0.05, 0) is 30.7 Å². The average Bonchev–Trinajstić information content (AvgIpc) is 2.75. The fourth-order valence-corrected chi connectivity index (χ4v) is 3.51. The van der Waals surface area contributed by atoms with Crippen LogP contribution in [-0.4, -0.2) is 9.97 Å². The number of nitrogens with zero attached hydrogens (tertiary/aromatic N) is 2. The number of nitrogens with one attached hydrogen (secondary N) is 2. The molecular weight excluding hydrogens is 381 g/mol. The maximum Gasteiger partial charge on any atom is 0.250 e. The van der Waals surface area contributed by atoms with Crippen LogP contribution in [-0.2, 0) is 0 Å². The summed E-state index contributed by atoms with van der Waals surface area (Å²) in [6.45, 7) is 9.17. The van der Waals surface area contributed by atoms with Crippen molar-refractivity contribution < 1.29 is 4.39 Å². The van der Waals surface area contributed by atoms with E-state index in [1.807, 2.05) is 30.3 Å². The van der Waals surface area contributed by atoms with Crippen molar-refractivity contribution in [3.8, 4) is 11.3 Å². The summed E-state index contributed by atoms with van der Waals surface area (Å²) in [6, 6.07) is 14.7. The van der Waals surface area contributed by atoms with Crippen LogP contribution in [0, 0.1) is 12.4 Å². The summed E-state index contributed by atoms with van der Waals surface area (Å²) in [5.74, 6) is -0.211. The lowest BCUT2D eigenvalue weighted by molar-refractivity contribution is 0.636. The lowest BCUT2D eigenvalue weighted by atomic mass is 9.97. The van der Waals surface area contributed by atoms with Crippen molar-refractivity contribution in [2.24, 2.45) is 0 Å². The molecule has 0 bridgehead atoms. The molecule has 0 radical (unpaired) electrons. The van der Waals surface area contributed by atoms with Crippen molar-refractivity contribution in [3.63, 3.8) is 0 Å². The summed E-state index contributed by atoms with van der Waals surface area (Å²) < 4.78 is 14.4. The van der Waals surface area contributed by atoms with Crippen LogP contribution in [0.1, 0.15) is 18.5 Å². The van der Waals surface area contributed by atoms with Gasteiger partial charge < -0.3 is 16.0 Å². The zero-order valence-corrected chi connectivity index (χ0v) is 16.1. The van der Waals surface area contributed by atoms with Gasteiger partial charge in [0, 0.05) is 22.8 Å². The molecule has 0 fully saturated rings. The molecule has 0 aliphatic carbocycles. The van der Waals surface area contributed by atoms with E-state index in [0.717, 1.165) is 5.56 Å². The highest BCUT2D eigenvalue weighted by atomic mass is 19.1. The second-order valence-corrected chi connectivity index (χ2v) is 6.85. The predicted molar refractivity (Wildman–Crippen MR) is 117 cm³/mol. The van der Waals surface area contributed by atoms with E-state index < -0.39 is 11.9 Å². The number of nitrogens with two attached hydrogens (primary N) is 1. The van der Waals surface area contributed by atoms with E-state index in [9.17, 15) is 9.18 Å². The SMILES string of the molecule is [C-]#[N+]c1c(N)ccnc1NC(C)c1c(-c2ccccc2)[nH]c2c(F)cccc2c1=O. The Labute approximate surface area is 172 Å². The van der Waals surface area contributed by atoms with Gasteiger partial charge in [-0.1, -0.05) is 36.4 Å². The largest absolute Gasteiger partial charge is 0.407 e. The molecule has 0 amide bonds. The molecule has 0 aliphatic heterocycles. The minimum Gasteiger partial charge on any atom is -0.407 e. The first-order valence-electron chi connectivity index (χ1n) is 9.29. The van der Waals surface area contributed by atoms with E-state index in [1.54, 1.807) is 19.1 Å². The molecule has 0 aliphatic rings. The lowest BCUT2D eigenvalue weighted by Gasteiger charge is -2.20. The highest BCUT2D eigenvalue weighted by molar-refractivity contribution is 5.85. The number of halogens is 1. The Hall–Kier alpha value is -4.18. The number of anilines is 2. The van der Waals surface area contributed by atoms with Gasteiger partial charge in [-0.15, -0.1) is 0 Å². The molecular formula is C23H18FN5O. The average molecular weight is 399 g/mol. The lowest BCUT2D eigenvalue weighted by Crippen LogP contribution is -2.21. The summed E-state index contributed by atoms with van der Waals surface area (Å²) in [4.78, 5) is 24.2. The fourth-order valence-electron chi connectivity index (χ4n) is 3.51. The van der Waals surface area contributed by atoms with Crippen molar-refractivity contribution in [3.05, 3.63) is 93.8 Å². The maximum atomic E-state index is 14.4. The van der Waals surface area contributed by atoms with Gasteiger partial charge in [0.05, 0.1) is 23.8 Å². The highest BCUT2D eigenvalue weighted by Gasteiger charge is 2.21. The summed E-state index contributed by atoms with van der Waals surface area (Å²) in [7, 11) is 0. The Morgan fingerprint density at radius 1 is 1.17 bits per heavy atom. The zero-order chi connectivity index (χ0) is 21.3. The van der Waals surface area contributed by atoms with Crippen molar-refractivity contribution >= 4 is 28.1 Å². The van der Waals surface area contributed by atoms with E-state index in [4.69, 9.17) is 12.3 Å². The zero-order valence-electron chi connectivity index (χ0n) is 16.1. The summed E-state index contributed by atoms with van der Waals surface area (Å²) >= 11 is 0. The molecule has 2 aromatic heterocycles. The van der Waals surface area contributed by atoms with Gasteiger partial charge in [0.1, 0.15) is 11.6 Å². The number of para-hydroxylation sites is 1. The topological polar surface area (TPSA) is 88.2 Å². The van der Waals surface area contributed by atoms with Gasteiger partial charge >= 0.3 is 0 Å². The number of fused-ring (bicyclic) bond motifs is 1. The van der Waals surface area contributed by atoms with E-state index in [-0.39, 0.29) is 27.8 Å². The van der Waals surface area contributed by atoms with Gasteiger partial charge in [0.25, 0.3) is 0 Å². The maximum absolute atomic E-state index is 14.4. The predicted octanol–water partition coefficient (Wildman–Crippen LogP) is 5.04. The molecule has 4 rings (SSSR count). The van der Waals surface area contributed by atoms with E-state index in [0.29, 0.717) is 16.9 Å². The van der Waals surface area contributed by atoms with E-state index in [2.05, 4.69) is 20.1 Å². The van der Waals surface area contributed by atoms with E-state index in [1.165, 1.54) is 18.3 Å². The quantitative estimate of drug-likeness (QED) is 0.420. The number of aromatic amines is 1. The van der Waals surface area contributed by atoms with Crippen LogP contribution in [0.25, 0.3) is 27.0 Å². The monoisotopic (exact) mass is 399 g/mol. The molecule has 4 aromatic rings. The molecule has 30 heavy (non-hydrogen) atoms. The number of aromatic nitrogens is 2. The Morgan fingerprint density at radius 3 is 2.67 bits per heavy atom. The molecule has 6 nitrogen and oxygen atoms in total. The standard InChI is InChI=1S/C23H18FN5O/c1-13(28-23-21(26-2)17(25)11-12-27-23)18-19(14-7-4-3-5-8-14)29-20-15(22(18)30)9-6-10-16(20)24/h3-13H,1H3,(H,29,30)(H3,25,27,28). The highest BCUT2D eigenvalue weighted by Crippen LogP contribution is 2.33. The summed E-state index contributed by atoms with van der Waals surface area (Å²) in [6.07, 6.45) is 1.50. The number of benzene rings is 2. The third-order valence-corrected chi connectivity index (χ3v) is 4.94. The second kappa shape index (κ2) is 7.68. The molecule has 4 N–H and O–H groups in total. The first kappa shape index (κ1) is 19.2. The van der Waals surface area contributed by atoms with Crippen molar-refractivity contribution in [1.29, 1.82) is 0 Å². The van der Waals surface area contributed by atoms with Crippen molar-refractivity contribution in [1.82, 2.24) is 9.97 Å². The van der Waals surface area contributed by atoms with Crippen LogP contribution in [0.3, 0.4) is 0 Å². The molecule has 0 spiro atoms. The smallest absolute Gasteiger partial charge is 0.250 e. The normalized spacial score (nSPS) is 11.8. The second-order valence-electron chi connectivity index (χ2n) is 6.85. The Bertz CT molecular complexity index is 1340. The molecule has 0 saturated heterocycles. The van der Waals surface area contributed by atoms with Crippen LogP contribution in [0.5, 0.6) is 0 Å². The molecule has 7 heteroatoms. The number of nitrogen functional groups attached to an aromatic ring is 1. The van der Waals surface area contributed by atoms with Crippen LogP contribution >= 0.6 is 0 Å². The number of rotatable bonds is 4. The molecule has 1 unspecified atom stereocenters. The Morgan fingerprint density at radius 2 is 1.93 bits per heavy atom. The van der Waals surface area contributed by atoms with Gasteiger partial charge in [-0.3, -0.25) is 9.78 Å². The van der Waals surface area contributed by atoms with E-state index >= 15 is 0 Å². The van der Waals surface area contributed by atoms with Gasteiger partial charge in [-0.2, -0.15) is 0 Å².